The van der Waals surface area contributed by atoms with Crippen molar-refractivity contribution in [3.63, 3.8) is 0 Å². The van der Waals surface area contributed by atoms with Gasteiger partial charge in [0.1, 0.15) is 51.3 Å². The highest BCUT2D eigenvalue weighted by molar-refractivity contribution is 6.42. The Hall–Kier alpha value is -10.0. The summed E-state index contributed by atoms with van der Waals surface area (Å²) in [5.74, 6) is 0.237. The summed E-state index contributed by atoms with van der Waals surface area (Å²) in [4.78, 5) is 54.0. The van der Waals surface area contributed by atoms with Crippen LogP contribution in [0, 0.1) is 6.92 Å². The van der Waals surface area contributed by atoms with Gasteiger partial charge in [-0.1, -0.05) is 131 Å². The zero-order valence-electron chi connectivity index (χ0n) is 48.0. The zero-order chi connectivity index (χ0) is 64.0. The number of halogens is 5. The normalized spacial score (nSPS) is 10.8. The van der Waals surface area contributed by atoms with Crippen LogP contribution in [-0.2, 0) is 39.6 Å². The Bertz CT molecular complexity index is 4410. The van der Waals surface area contributed by atoms with Gasteiger partial charge in [0.2, 0.25) is 0 Å². The largest absolute Gasteiger partial charge is 0.485 e. The Labute approximate surface area is 545 Å². The number of aromatic carboxylic acids is 3. The van der Waals surface area contributed by atoms with E-state index in [0.717, 1.165) is 49.8 Å². The van der Waals surface area contributed by atoms with Gasteiger partial charge in [0.05, 0.1) is 60.0 Å². The molecule has 0 amide bonds. The van der Waals surface area contributed by atoms with Crippen LogP contribution in [0.5, 0.6) is 34.5 Å². The van der Waals surface area contributed by atoms with Crippen LogP contribution in [0.25, 0.3) is 33.0 Å². The molecule has 0 saturated carbocycles. The molecule has 0 aliphatic rings. The number of para-hydroxylation sites is 5. The van der Waals surface area contributed by atoms with E-state index in [-0.39, 0.29) is 67.8 Å². The van der Waals surface area contributed by atoms with Gasteiger partial charge in [0.25, 0.3) is 0 Å². The minimum absolute atomic E-state index is 0.0817. The van der Waals surface area contributed by atoms with Crippen molar-refractivity contribution in [3.8, 4) is 34.5 Å². The number of imidazole rings is 2. The molecular weight excluding hydrogens is 1270 g/mol. The van der Waals surface area contributed by atoms with E-state index in [1.54, 1.807) is 54.6 Å². The average molecular weight is 1320 g/mol. The molecule has 460 valence electrons. The Balaban J connectivity index is 0.000000150. The topological polar surface area (TPSA) is 238 Å². The molecule has 0 fully saturated rings. The first-order valence-electron chi connectivity index (χ1n) is 27.7. The molecule has 12 aromatic rings. The van der Waals surface area contributed by atoms with Crippen LogP contribution in [0.2, 0.25) is 25.1 Å². The number of aryl methyl sites for hydroxylation is 1. The first kappa shape index (κ1) is 64.0. The number of carboxylic acid groups (broad SMARTS) is 3. The van der Waals surface area contributed by atoms with E-state index in [0.29, 0.717) is 70.9 Å². The summed E-state index contributed by atoms with van der Waals surface area (Å²) in [6, 6.07) is 56.4. The molecule has 91 heavy (non-hydrogen) atoms. The molecule has 0 radical (unpaired) electrons. The summed E-state index contributed by atoms with van der Waals surface area (Å²) in [5.41, 5.74) is 8.62. The predicted molar refractivity (Wildman–Crippen MR) is 349 cm³/mol. The number of benzene rings is 9. The summed E-state index contributed by atoms with van der Waals surface area (Å²) in [5, 5.41) is 31.5. The lowest BCUT2D eigenvalue weighted by Gasteiger charge is -2.14. The Morgan fingerprint density at radius 3 is 1.43 bits per heavy atom. The van der Waals surface area contributed by atoms with Gasteiger partial charge in [0, 0.05) is 31.6 Å². The second-order valence-corrected chi connectivity index (χ2v) is 22.1. The van der Waals surface area contributed by atoms with Gasteiger partial charge < -0.3 is 53.7 Å². The van der Waals surface area contributed by atoms with E-state index >= 15 is 0 Å². The van der Waals surface area contributed by atoms with Crippen LogP contribution in [0.1, 0.15) is 70.7 Å². The maximum Gasteiger partial charge on any atom is 0.335 e. The van der Waals surface area contributed by atoms with Crippen molar-refractivity contribution in [2.75, 3.05) is 0 Å². The fraction of sp³-hybridized carbons (Fsp3) is 0.101. The van der Waals surface area contributed by atoms with Gasteiger partial charge >= 0.3 is 17.9 Å². The number of hydrogen-bond donors (Lipinski definition) is 5. The molecule has 5 N–H and O–H groups in total. The van der Waals surface area contributed by atoms with Crippen LogP contribution in [0.15, 0.2) is 194 Å². The summed E-state index contributed by atoms with van der Waals surface area (Å²) >= 11 is 30.7. The van der Waals surface area contributed by atoms with Crippen LogP contribution >= 0.6 is 58.0 Å². The number of carbonyl (C=O) groups is 3. The number of H-pyrrole nitrogens is 2. The van der Waals surface area contributed by atoms with E-state index in [4.69, 9.17) is 86.4 Å². The summed E-state index contributed by atoms with van der Waals surface area (Å²) in [6.45, 7) is 2.91. The van der Waals surface area contributed by atoms with Crippen molar-refractivity contribution >= 4 is 109 Å². The standard InChI is InChI=1S/C25H20ClNO4.2C22H16Cl2N2O4/c1-16-6-7-17(12-21(16)26)14-30-24-13-19(25(28)29)9-11-23(24)31-15-20-10-8-18-4-2-3-5-22(18)27-20;23-15-5-3-4-14(21(15)24)11-29-19-10-13(22(27)28)8-9-18(19)30-12-20-25-16-6-1-2-7-17(16)26-20;23-15-6-7-16(24)14(9-15)11-29-20-10-13(22(27)28)5-8-19(20)30-12-21-25-17-3-1-2-4-18(17)26-21/h2-13H,14-15H2,1H3,(H,28,29);2*1-10H,11-12H2,(H,25,26)(H,27,28). The van der Waals surface area contributed by atoms with E-state index in [9.17, 15) is 29.7 Å². The molecule has 0 atom stereocenters. The maximum atomic E-state index is 11.4. The van der Waals surface area contributed by atoms with E-state index < -0.39 is 17.9 Å². The lowest BCUT2D eigenvalue weighted by atomic mass is 10.1. The van der Waals surface area contributed by atoms with E-state index in [1.165, 1.54) is 36.4 Å². The molecule has 17 nitrogen and oxygen atoms in total. The molecule has 3 heterocycles. The number of nitrogens with zero attached hydrogens (tertiary/aromatic N) is 3. The SMILES string of the molecule is Cc1ccc(COc2cc(C(=O)O)ccc2OCc2ccc3ccccc3n2)cc1Cl.O=C(O)c1ccc(OCc2nc3ccccc3[nH]2)c(OCc2cc(Cl)ccc2Cl)c1.O=C(O)c1ccc(OCc2nc3ccccc3[nH]2)c(OCc2cccc(Cl)c2Cl)c1. The van der Waals surface area contributed by atoms with Gasteiger partial charge in [-0.05, 0) is 139 Å². The molecule has 0 spiro atoms. The molecule has 22 heteroatoms. The number of ether oxygens (including phenoxy) is 6. The Kier molecular flexibility index (Phi) is 21.1. The Morgan fingerprint density at radius 2 is 0.890 bits per heavy atom. The number of rotatable bonds is 21. The smallest absolute Gasteiger partial charge is 0.335 e. The molecule has 9 aromatic carbocycles. The van der Waals surface area contributed by atoms with Crippen molar-refractivity contribution in [2.45, 2.75) is 46.6 Å². The van der Waals surface area contributed by atoms with Gasteiger partial charge in [-0.2, -0.15) is 0 Å². The lowest BCUT2D eigenvalue weighted by Crippen LogP contribution is -2.04. The van der Waals surface area contributed by atoms with E-state index in [2.05, 4.69) is 24.9 Å². The first-order valence-corrected chi connectivity index (χ1v) is 29.6. The molecule has 3 aromatic heterocycles. The first-order chi connectivity index (χ1) is 44.0. The van der Waals surface area contributed by atoms with Gasteiger partial charge in [0.15, 0.2) is 34.5 Å². The van der Waals surface area contributed by atoms with Gasteiger partial charge in [-0.3, -0.25) is 0 Å². The number of carboxylic acids is 3. The number of nitrogens with one attached hydrogen (secondary N) is 2. The van der Waals surface area contributed by atoms with Crippen LogP contribution in [0.4, 0.5) is 0 Å². The van der Waals surface area contributed by atoms with Crippen LogP contribution in [-0.4, -0.2) is 58.1 Å². The highest BCUT2D eigenvalue weighted by Crippen LogP contribution is 2.35. The van der Waals surface area contributed by atoms with Crippen LogP contribution < -0.4 is 28.4 Å². The number of pyridine rings is 1. The third kappa shape index (κ3) is 17.0. The molecule has 0 unspecified atom stereocenters. The third-order valence-electron chi connectivity index (χ3n) is 13.6. The molecule has 0 saturated heterocycles. The summed E-state index contributed by atoms with van der Waals surface area (Å²) in [6.07, 6.45) is 0. The number of aromatic nitrogens is 5. The van der Waals surface area contributed by atoms with E-state index in [1.807, 2.05) is 110 Å². The minimum atomic E-state index is -1.07. The Morgan fingerprint density at radius 1 is 0.396 bits per heavy atom. The number of hydrogen-bond acceptors (Lipinski definition) is 12. The molecule has 0 bridgehead atoms. The minimum Gasteiger partial charge on any atom is -0.485 e. The average Bonchev–Trinajstić information content (AvgIpc) is 2.26. The van der Waals surface area contributed by atoms with Crippen molar-refractivity contribution in [1.29, 1.82) is 0 Å². The fourth-order valence-corrected chi connectivity index (χ4v) is 9.86. The second kappa shape index (κ2) is 30.0. The van der Waals surface area contributed by atoms with Gasteiger partial charge in [-0.15, -0.1) is 0 Å². The van der Waals surface area contributed by atoms with Crippen molar-refractivity contribution in [1.82, 2.24) is 24.9 Å². The van der Waals surface area contributed by atoms with Crippen LogP contribution in [0.3, 0.4) is 0 Å². The third-order valence-corrected chi connectivity index (χ3v) is 15.5. The van der Waals surface area contributed by atoms with Crippen molar-refractivity contribution < 1.29 is 58.1 Å². The highest BCUT2D eigenvalue weighted by Gasteiger charge is 2.18. The highest BCUT2D eigenvalue weighted by atomic mass is 35.5. The van der Waals surface area contributed by atoms with Crippen molar-refractivity contribution in [3.05, 3.63) is 276 Å². The summed E-state index contributed by atoms with van der Waals surface area (Å²) < 4.78 is 35.2. The molecule has 0 aliphatic carbocycles. The van der Waals surface area contributed by atoms with Crippen molar-refractivity contribution in [2.24, 2.45) is 0 Å². The fourth-order valence-electron chi connectivity index (χ4n) is 8.91. The monoisotopic (exact) mass is 1320 g/mol. The second-order valence-electron chi connectivity index (χ2n) is 20.1. The molecular formula is C69H52Cl5N5O12. The summed E-state index contributed by atoms with van der Waals surface area (Å²) in [7, 11) is 0. The molecule has 0 aliphatic heterocycles. The molecule has 12 rings (SSSR count). The lowest BCUT2D eigenvalue weighted by molar-refractivity contribution is 0.0685. The number of fused-ring (bicyclic) bond motifs is 3. The maximum absolute atomic E-state index is 11.4. The number of aromatic amines is 2. The van der Waals surface area contributed by atoms with Gasteiger partial charge in [-0.25, -0.2) is 29.3 Å². The zero-order valence-corrected chi connectivity index (χ0v) is 51.7. The predicted octanol–water partition coefficient (Wildman–Crippen LogP) is 17.5. The quantitative estimate of drug-likeness (QED) is 0.0450.